The summed E-state index contributed by atoms with van der Waals surface area (Å²) in [6.45, 7) is 5.19. The topological polar surface area (TPSA) is 49.4 Å². The van der Waals surface area contributed by atoms with Crippen molar-refractivity contribution in [2.45, 2.75) is 19.8 Å². The molecule has 0 radical (unpaired) electrons. The number of nitrogens with zero attached hydrogens (tertiary/aromatic N) is 1. The molecule has 0 bridgehead atoms. The average Bonchev–Trinajstić information content (AvgIpc) is 3.12. The van der Waals surface area contributed by atoms with Crippen LogP contribution in [0.5, 0.6) is 0 Å². The predicted octanol–water partition coefficient (Wildman–Crippen LogP) is 3.59. The van der Waals surface area contributed by atoms with E-state index >= 15 is 0 Å². The SMILES string of the molecule is CC(C)CNC(=O)[C@H]1CN(C(=O)c2ccc(F)cc2)C[C@@H]1c1ccc(F)cc1. The lowest BCUT2D eigenvalue weighted by Gasteiger charge is -2.18. The van der Waals surface area contributed by atoms with Crippen molar-refractivity contribution in [1.82, 2.24) is 10.2 Å². The van der Waals surface area contributed by atoms with Gasteiger partial charge in [-0.05, 0) is 47.9 Å². The summed E-state index contributed by atoms with van der Waals surface area (Å²) in [5, 5.41) is 2.94. The number of hydrogen-bond acceptors (Lipinski definition) is 2. The molecule has 1 heterocycles. The molecule has 2 aromatic carbocycles. The van der Waals surface area contributed by atoms with Crippen LogP contribution in [0, 0.1) is 23.5 Å². The minimum atomic E-state index is -0.423. The summed E-state index contributed by atoms with van der Waals surface area (Å²) in [6, 6.07) is 11.4. The third kappa shape index (κ3) is 4.55. The van der Waals surface area contributed by atoms with Crippen molar-refractivity contribution in [3.05, 3.63) is 71.3 Å². The van der Waals surface area contributed by atoms with E-state index in [9.17, 15) is 18.4 Å². The fraction of sp³-hybridized carbons (Fsp3) is 0.364. The third-order valence-electron chi connectivity index (χ3n) is 5.02. The van der Waals surface area contributed by atoms with Crippen LogP contribution in [0.2, 0.25) is 0 Å². The van der Waals surface area contributed by atoms with Gasteiger partial charge in [-0.2, -0.15) is 0 Å². The fourth-order valence-electron chi connectivity index (χ4n) is 3.49. The molecule has 0 aliphatic carbocycles. The number of amides is 2. The number of halogens is 2. The zero-order chi connectivity index (χ0) is 20.3. The highest BCUT2D eigenvalue weighted by molar-refractivity contribution is 5.95. The van der Waals surface area contributed by atoms with Crippen molar-refractivity contribution in [3.63, 3.8) is 0 Å². The van der Waals surface area contributed by atoms with Crippen molar-refractivity contribution in [1.29, 1.82) is 0 Å². The van der Waals surface area contributed by atoms with E-state index in [2.05, 4.69) is 5.32 Å². The second kappa shape index (κ2) is 8.50. The first-order valence-corrected chi connectivity index (χ1v) is 9.43. The zero-order valence-electron chi connectivity index (χ0n) is 16.0. The Bertz CT molecular complexity index is 835. The predicted molar refractivity (Wildman–Crippen MR) is 103 cm³/mol. The Balaban J connectivity index is 1.83. The normalized spacial score (nSPS) is 19.1. The molecule has 2 amide bonds. The van der Waals surface area contributed by atoms with E-state index in [1.807, 2.05) is 13.8 Å². The first-order chi connectivity index (χ1) is 13.3. The van der Waals surface area contributed by atoms with Gasteiger partial charge in [-0.1, -0.05) is 26.0 Å². The van der Waals surface area contributed by atoms with Crippen LogP contribution in [-0.4, -0.2) is 36.3 Å². The van der Waals surface area contributed by atoms with Crippen molar-refractivity contribution < 1.29 is 18.4 Å². The number of carbonyl (C=O) groups excluding carboxylic acids is 2. The molecular formula is C22H24F2N2O2. The molecular weight excluding hydrogens is 362 g/mol. The highest BCUT2D eigenvalue weighted by Crippen LogP contribution is 2.34. The van der Waals surface area contributed by atoms with Gasteiger partial charge in [-0.3, -0.25) is 9.59 Å². The molecule has 1 N–H and O–H groups in total. The molecule has 1 fully saturated rings. The van der Waals surface area contributed by atoms with Gasteiger partial charge < -0.3 is 10.2 Å². The number of hydrogen-bond donors (Lipinski definition) is 1. The van der Waals surface area contributed by atoms with Gasteiger partial charge in [-0.15, -0.1) is 0 Å². The highest BCUT2D eigenvalue weighted by atomic mass is 19.1. The van der Waals surface area contributed by atoms with Crippen LogP contribution in [-0.2, 0) is 4.79 Å². The summed E-state index contributed by atoms with van der Waals surface area (Å²) in [5.41, 5.74) is 1.20. The Morgan fingerprint density at radius 2 is 1.57 bits per heavy atom. The molecule has 1 aliphatic rings. The Kier molecular flexibility index (Phi) is 6.07. The zero-order valence-corrected chi connectivity index (χ0v) is 16.0. The molecule has 0 spiro atoms. The monoisotopic (exact) mass is 386 g/mol. The number of rotatable bonds is 5. The van der Waals surface area contributed by atoms with Crippen LogP contribution in [0.4, 0.5) is 8.78 Å². The summed E-state index contributed by atoms with van der Waals surface area (Å²) >= 11 is 0. The number of nitrogens with one attached hydrogen (secondary N) is 1. The molecule has 28 heavy (non-hydrogen) atoms. The molecule has 2 atom stereocenters. The van der Waals surface area contributed by atoms with Crippen LogP contribution in [0.15, 0.2) is 48.5 Å². The molecule has 2 aromatic rings. The maximum atomic E-state index is 13.3. The quantitative estimate of drug-likeness (QED) is 0.854. The van der Waals surface area contributed by atoms with Crippen LogP contribution < -0.4 is 5.32 Å². The van der Waals surface area contributed by atoms with Crippen molar-refractivity contribution in [3.8, 4) is 0 Å². The molecule has 3 rings (SSSR count). The summed E-state index contributed by atoms with van der Waals surface area (Å²) in [7, 11) is 0. The van der Waals surface area contributed by atoms with E-state index in [0.29, 0.717) is 24.6 Å². The summed E-state index contributed by atoms with van der Waals surface area (Å²) in [5.74, 6) is -1.45. The summed E-state index contributed by atoms with van der Waals surface area (Å²) in [4.78, 5) is 27.2. The average molecular weight is 386 g/mol. The number of carbonyl (C=O) groups is 2. The molecule has 0 aromatic heterocycles. The lowest BCUT2D eigenvalue weighted by atomic mass is 9.88. The molecule has 6 heteroatoms. The largest absolute Gasteiger partial charge is 0.356 e. The van der Waals surface area contributed by atoms with Crippen molar-refractivity contribution in [2.24, 2.45) is 11.8 Å². The van der Waals surface area contributed by atoms with Crippen molar-refractivity contribution in [2.75, 3.05) is 19.6 Å². The van der Waals surface area contributed by atoms with E-state index < -0.39 is 11.7 Å². The van der Waals surface area contributed by atoms with Gasteiger partial charge in [0.15, 0.2) is 0 Å². The maximum Gasteiger partial charge on any atom is 0.253 e. The Hall–Kier alpha value is -2.76. The first-order valence-electron chi connectivity index (χ1n) is 9.43. The second-order valence-electron chi connectivity index (χ2n) is 7.62. The van der Waals surface area contributed by atoms with Gasteiger partial charge in [0.25, 0.3) is 5.91 Å². The van der Waals surface area contributed by atoms with E-state index in [0.717, 1.165) is 5.56 Å². The number of likely N-dealkylation sites (tertiary alicyclic amines) is 1. The third-order valence-corrected chi connectivity index (χ3v) is 5.02. The van der Waals surface area contributed by atoms with Gasteiger partial charge >= 0.3 is 0 Å². The van der Waals surface area contributed by atoms with E-state index in [-0.39, 0.29) is 30.1 Å². The van der Waals surface area contributed by atoms with E-state index in [4.69, 9.17) is 0 Å². The van der Waals surface area contributed by atoms with Crippen LogP contribution in [0.3, 0.4) is 0 Å². The summed E-state index contributed by atoms with van der Waals surface area (Å²) in [6.07, 6.45) is 0. The second-order valence-corrected chi connectivity index (χ2v) is 7.62. The fourth-order valence-corrected chi connectivity index (χ4v) is 3.49. The number of benzene rings is 2. The molecule has 0 saturated carbocycles. The molecule has 148 valence electrons. The van der Waals surface area contributed by atoms with E-state index in [1.165, 1.54) is 36.4 Å². The van der Waals surface area contributed by atoms with Crippen molar-refractivity contribution >= 4 is 11.8 Å². The lowest BCUT2D eigenvalue weighted by Crippen LogP contribution is -2.37. The van der Waals surface area contributed by atoms with Gasteiger partial charge in [0.05, 0.1) is 5.92 Å². The van der Waals surface area contributed by atoms with Gasteiger partial charge in [0, 0.05) is 31.1 Å². The van der Waals surface area contributed by atoms with Crippen LogP contribution in [0.25, 0.3) is 0 Å². The van der Waals surface area contributed by atoms with E-state index in [1.54, 1.807) is 17.0 Å². The minimum absolute atomic E-state index is 0.113. The Labute approximate surface area is 163 Å². The highest BCUT2D eigenvalue weighted by Gasteiger charge is 2.40. The van der Waals surface area contributed by atoms with Crippen LogP contribution in [0.1, 0.15) is 35.7 Å². The summed E-state index contributed by atoms with van der Waals surface area (Å²) < 4.78 is 26.5. The first kappa shape index (κ1) is 20.0. The molecule has 0 unspecified atom stereocenters. The molecule has 1 aliphatic heterocycles. The molecule has 4 nitrogen and oxygen atoms in total. The maximum absolute atomic E-state index is 13.3. The Morgan fingerprint density at radius 3 is 2.14 bits per heavy atom. The standard InChI is InChI=1S/C22H24F2N2O2/c1-14(2)11-25-21(27)20-13-26(22(28)16-5-9-18(24)10-6-16)12-19(20)15-3-7-17(23)8-4-15/h3-10,14,19-20H,11-13H2,1-2H3,(H,25,27)/t19-,20+/m1/s1. The smallest absolute Gasteiger partial charge is 0.253 e. The van der Waals surface area contributed by atoms with Gasteiger partial charge in [-0.25, -0.2) is 8.78 Å². The Morgan fingerprint density at radius 1 is 1.00 bits per heavy atom. The van der Waals surface area contributed by atoms with Crippen LogP contribution >= 0.6 is 0 Å². The van der Waals surface area contributed by atoms with Gasteiger partial charge in [0.2, 0.25) is 5.91 Å². The molecule has 1 saturated heterocycles. The lowest BCUT2D eigenvalue weighted by molar-refractivity contribution is -0.125. The van der Waals surface area contributed by atoms with Gasteiger partial charge in [0.1, 0.15) is 11.6 Å². The minimum Gasteiger partial charge on any atom is -0.356 e.